The van der Waals surface area contributed by atoms with Gasteiger partial charge >= 0.3 is 0 Å². The summed E-state index contributed by atoms with van der Waals surface area (Å²) in [4.78, 5) is 11.2. The smallest absolute Gasteiger partial charge is 0.256 e. The van der Waals surface area contributed by atoms with Crippen LogP contribution in [0.4, 0.5) is 11.6 Å². The fourth-order valence-corrected chi connectivity index (χ4v) is 5.02. The summed E-state index contributed by atoms with van der Waals surface area (Å²) in [5.41, 5.74) is 0.814. The van der Waals surface area contributed by atoms with Crippen LogP contribution in [0, 0.1) is 5.92 Å². The molecule has 5 rings (SSSR count). The molecule has 2 aromatic rings. The van der Waals surface area contributed by atoms with Crippen LogP contribution in [0.15, 0.2) is 24.7 Å². The van der Waals surface area contributed by atoms with Crippen molar-refractivity contribution in [1.29, 1.82) is 0 Å². The van der Waals surface area contributed by atoms with Gasteiger partial charge in [-0.05, 0) is 45.6 Å². The Morgan fingerprint density at radius 1 is 1.03 bits per heavy atom. The lowest BCUT2D eigenvalue weighted by Crippen LogP contribution is -2.51. The molecule has 9 heteroatoms. The Morgan fingerprint density at radius 2 is 1.72 bits per heavy atom. The molecule has 9 nitrogen and oxygen atoms in total. The Hall–Kier alpha value is -2.23. The van der Waals surface area contributed by atoms with Crippen molar-refractivity contribution in [3.63, 3.8) is 0 Å². The van der Waals surface area contributed by atoms with Crippen molar-refractivity contribution in [3.8, 4) is 5.88 Å². The first kappa shape index (κ1) is 21.6. The van der Waals surface area contributed by atoms with Crippen LogP contribution in [-0.2, 0) is 9.47 Å². The number of morpholine rings is 1. The maximum Gasteiger partial charge on any atom is 0.256 e. The lowest BCUT2D eigenvalue weighted by atomic mass is 9.89. The number of nitrogens with zero attached hydrogens (tertiary/aromatic N) is 5. The second-order valence-electron chi connectivity index (χ2n) is 9.41. The minimum Gasteiger partial charge on any atom is -0.475 e. The van der Waals surface area contributed by atoms with Crippen LogP contribution < -0.4 is 10.1 Å². The fraction of sp³-hybridized carbons (Fsp3) is 0.696. The quantitative estimate of drug-likeness (QED) is 0.700. The summed E-state index contributed by atoms with van der Waals surface area (Å²) >= 11 is 0. The van der Waals surface area contributed by atoms with Crippen LogP contribution in [0.1, 0.15) is 45.6 Å². The normalized spacial score (nSPS) is 29.4. The zero-order valence-corrected chi connectivity index (χ0v) is 19.0. The Kier molecular flexibility index (Phi) is 6.56. The van der Waals surface area contributed by atoms with Crippen LogP contribution in [0.3, 0.4) is 0 Å². The number of aromatic nitrogens is 4. The predicted molar refractivity (Wildman–Crippen MR) is 120 cm³/mol. The van der Waals surface area contributed by atoms with Gasteiger partial charge < -0.3 is 19.5 Å². The lowest BCUT2D eigenvalue weighted by molar-refractivity contribution is -0.0852. The number of anilines is 2. The highest BCUT2D eigenvalue weighted by molar-refractivity contribution is 5.58. The van der Waals surface area contributed by atoms with E-state index in [9.17, 15) is 0 Å². The molecule has 3 aliphatic rings. The molecule has 1 N–H and O–H groups in total. The molecule has 0 spiro atoms. The molecule has 174 valence electrons. The van der Waals surface area contributed by atoms with Crippen LogP contribution in [-0.4, -0.2) is 75.8 Å². The Balaban J connectivity index is 1.24. The first-order valence-corrected chi connectivity index (χ1v) is 11.9. The second kappa shape index (κ2) is 9.72. The first-order chi connectivity index (χ1) is 15.6. The molecule has 0 unspecified atom stereocenters. The summed E-state index contributed by atoms with van der Waals surface area (Å²) in [7, 11) is 0. The third kappa shape index (κ3) is 5.05. The van der Waals surface area contributed by atoms with Gasteiger partial charge in [-0.25, -0.2) is 9.97 Å². The third-order valence-electron chi connectivity index (χ3n) is 6.68. The molecule has 1 aliphatic carbocycles. The van der Waals surface area contributed by atoms with Crippen molar-refractivity contribution in [1.82, 2.24) is 24.6 Å². The largest absolute Gasteiger partial charge is 0.475 e. The molecule has 4 heterocycles. The van der Waals surface area contributed by atoms with Crippen molar-refractivity contribution in [3.05, 3.63) is 24.7 Å². The molecule has 0 aromatic carbocycles. The maximum atomic E-state index is 6.07. The van der Waals surface area contributed by atoms with E-state index in [4.69, 9.17) is 19.3 Å². The Bertz CT molecular complexity index is 856. The average molecular weight is 443 g/mol. The third-order valence-corrected chi connectivity index (χ3v) is 6.68. The molecule has 3 fully saturated rings. The summed E-state index contributed by atoms with van der Waals surface area (Å²) < 4.78 is 19.3. The highest BCUT2D eigenvalue weighted by Gasteiger charge is 2.32. The number of hydrogen-bond acceptors (Lipinski definition) is 8. The van der Waals surface area contributed by atoms with E-state index < -0.39 is 0 Å². The summed E-state index contributed by atoms with van der Waals surface area (Å²) in [5, 5.41) is 8.10. The van der Waals surface area contributed by atoms with E-state index in [2.05, 4.69) is 38.7 Å². The van der Waals surface area contributed by atoms with Gasteiger partial charge in [0.1, 0.15) is 5.69 Å². The van der Waals surface area contributed by atoms with Gasteiger partial charge in [0.25, 0.3) is 5.88 Å². The summed E-state index contributed by atoms with van der Waals surface area (Å²) in [6.45, 7) is 8.56. The monoisotopic (exact) mass is 442 g/mol. The maximum absolute atomic E-state index is 6.07. The van der Waals surface area contributed by atoms with Gasteiger partial charge in [0.15, 0.2) is 0 Å². The molecule has 2 atom stereocenters. The molecule has 1 saturated carbocycles. The zero-order chi connectivity index (χ0) is 21.9. The van der Waals surface area contributed by atoms with Crippen LogP contribution >= 0.6 is 0 Å². The van der Waals surface area contributed by atoms with E-state index in [1.54, 1.807) is 18.5 Å². The van der Waals surface area contributed by atoms with E-state index in [1.807, 2.05) is 6.20 Å². The van der Waals surface area contributed by atoms with Crippen LogP contribution in [0.25, 0.3) is 0 Å². The number of ether oxygens (including phenoxy) is 3. The second-order valence-corrected chi connectivity index (χ2v) is 9.41. The predicted octanol–water partition coefficient (Wildman–Crippen LogP) is 3.03. The molecule has 2 saturated heterocycles. The van der Waals surface area contributed by atoms with E-state index in [-0.39, 0.29) is 0 Å². The van der Waals surface area contributed by atoms with Gasteiger partial charge in [-0.2, -0.15) is 0 Å². The zero-order valence-electron chi connectivity index (χ0n) is 19.0. The van der Waals surface area contributed by atoms with Crippen molar-refractivity contribution in [2.24, 2.45) is 5.92 Å². The first-order valence-electron chi connectivity index (χ1n) is 11.9. The highest BCUT2D eigenvalue weighted by atomic mass is 16.5. The molecule has 2 aromatic heterocycles. The van der Waals surface area contributed by atoms with Crippen molar-refractivity contribution in [2.45, 2.75) is 63.8 Å². The molecule has 2 aliphatic heterocycles. The van der Waals surface area contributed by atoms with Gasteiger partial charge in [-0.3, -0.25) is 9.58 Å². The molecule has 0 radical (unpaired) electrons. The van der Waals surface area contributed by atoms with Crippen molar-refractivity contribution in [2.75, 3.05) is 38.2 Å². The average Bonchev–Trinajstić information content (AvgIpc) is 3.15. The molecule has 0 bridgehead atoms. The van der Waals surface area contributed by atoms with Crippen LogP contribution in [0.5, 0.6) is 5.88 Å². The number of rotatable bonds is 7. The Labute approximate surface area is 189 Å². The lowest BCUT2D eigenvalue weighted by Gasteiger charge is -2.42. The standard InChI is InChI=1S/C23H34N6O3/c1-16-10-28(11-17(2)32-16)19-4-6-20(7-5-19)29-12-21(26-23-24-8-3-9-25-23)22(27-29)31-15-18-13-30-14-18/h3,8-9,12,16-20H,4-7,10-11,13-15H2,1-2H3,(H,24,25,26)/t16-,17+,19?,20?. The van der Waals surface area contributed by atoms with Gasteiger partial charge in [-0.15, -0.1) is 5.10 Å². The van der Waals surface area contributed by atoms with Crippen LogP contribution in [0.2, 0.25) is 0 Å². The summed E-state index contributed by atoms with van der Waals surface area (Å²) in [6, 6.07) is 2.82. The van der Waals surface area contributed by atoms with E-state index in [0.717, 1.165) is 44.8 Å². The topological polar surface area (TPSA) is 86.6 Å². The van der Waals surface area contributed by atoms with E-state index >= 15 is 0 Å². The minimum atomic E-state index is 0.317. The molecular formula is C23H34N6O3. The molecule has 32 heavy (non-hydrogen) atoms. The summed E-state index contributed by atoms with van der Waals surface area (Å²) in [6.07, 6.45) is 10.7. The number of nitrogens with one attached hydrogen (secondary N) is 1. The van der Waals surface area contributed by atoms with Gasteiger partial charge in [-0.1, -0.05) is 0 Å². The molecule has 0 amide bonds. The van der Waals surface area contributed by atoms with Gasteiger partial charge in [0.05, 0.1) is 44.3 Å². The number of hydrogen-bond donors (Lipinski definition) is 1. The van der Waals surface area contributed by atoms with Gasteiger partial charge in [0, 0.05) is 37.4 Å². The van der Waals surface area contributed by atoms with E-state index in [0.29, 0.717) is 48.6 Å². The van der Waals surface area contributed by atoms with Crippen molar-refractivity contribution < 1.29 is 14.2 Å². The Morgan fingerprint density at radius 3 is 2.38 bits per heavy atom. The minimum absolute atomic E-state index is 0.317. The van der Waals surface area contributed by atoms with E-state index in [1.165, 1.54) is 12.8 Å². The summed E-state index contributed by atoms with van der Waals surface area (Å²) in [5.74, 6) is 1.60. The SMILES string of the molecule is C[C@@H]1CN(C2CCC(n3cc(Nc4ncccn4)c(OCC4COC4)n3)CC2)C[C@H](C)O1. The van der Waals surface area contributed by atoms with Gasteiger partial charge in [0.2, 0.25) is 5.95 Å². The fourth-order valence-electron chi connectivity index (χ4n) is 5.02. The molecular weight excluding hydrogens is 408 g/mol. The van der Waals surface area contributed by atoms with Crippen molar-refractivity contribution >= 4 is 11.6 Å². The highest BCUT2D eigenvalue weighted by Crippen LogP contribution is 2.35.